The van der Waals surface area contributed by atoms with E-state index in [1.165, 1.54) is 18.2 Å². The Hall–Kier alpha value is -2.33. The normalized spacial score (nSPS) is 11.6. The summed E-state index contributed by atoms with van der Waals surface area (Å²) in [5.74, 6) is -1.99. The van der Waals surface area contributed by atoms with Gasteiger partial charge < -0.3 is 14.2 Å². The van der Waals surface area contributed by atoms with Gasteiger partial charge in [0.2, 0.25) is 0 Å². The third-order valence-electron chi connectivity index (χ3n) is 3.05. The predicted octanol–water partition coefficient (Wildman–Crippen LogP) is 3.12. The van der Waals surface area contributed by atoms with E-state index in [1.807, 2.05) is 0 Å². The molecule has 0 aromatic heterocycles. The molecule has 0 aliphatic heterocycles. The number of rotatable bonds is 9. The van der Waals surface area contributed by atoms with Crippen molar-refractivity contribution < 1.29 is 28.6 Å². The lowest BCUT2D eigenvalue weighted by Crippen LogP contribution is -2.41. The Morgan fingerprint density at radius 3 is 1.92 bits per heavy atom. The Morgan fingerprint density at radius 2 is 1.52 bits per heavy atom. The molecule has 0 rings (SSSR count). The van der Waals surface area contributed by atoms with Crippen LogP contribution in [0.15, 0.2) is 30.5 Å². The monoisotopic (exact) mass is 352 g/mol. The van der Waals surface area contributed by atoms with Crippen LogP contribution in [0.2, 0.25) is 0 Å². The molecule has 0 aromatic carbocycles. The number of ether oxygens (including phenoxy) is 3. The van der Waals surface area contributed by atoms with Gasteiger partial charge >= 0.3 is 17.9 Å². The molecule has 6 nitrogen and oxygen atoms in total. The zero-order valence-electron chi connectivity index (χ0n) is 15.7. The second kappa shape index (κ2) is 10.5. The van der Waals surface area contributed by atoms with Crippen LogP contribution in [0.4, 0.5) is 0 Å². The van der Waals surface area contributed by atoms with E-state index in [2.05, 4.69) is 12.3 Å². The number of hydrogen-bond acceptors (Lipinski definition) is 6. The zero-order valence-corrected chi connectivity index (χ0v) is 15.7. The Balaban J connectivity index is 5.53. The minimum atomic E-state index is -1.59. The molecule has 0 fully saturated rings. The van der Waals surface area contributed by atoms with Crippen molar-refractivity contribution in [2.24, 2.45) is 5.41 Å². The minimum Gasteiger partial charge on any atom is -0.465 e. The van der Waals surface area contributed by atoms with Crippen LogP contribution in [0.3, 0.4) is 0 Å². The van der Waals surface area contributed by atoms with E-state index >= 15 is 0 Å². The average Bonchev–Trinajstić information content (AvgIpc) is 2.49. The summed E-state index contributed by atoms with van der Waals surface area (Å²) >= 11 is 0. The lowest BCUT2D eigenvalue weighted by Gasteiger charge is -2.26. The van der Waals surface area contributed by atoms with Crippen molar-refractivity contribution in [3.63, 3.8) is 0 Å². The van der Waals surface area contributed by atoms with Crippen molar-refractivity contribution in [3.8, 4) is 0 Å². The number of carbonyl (C=O) groups is 3. The van der Waals surface area contributed by atoms with Crippen molar-refractivity contribution >= 4 is 17.9 Å². The lowest BCUT2D eigenvalue weighted by atomic mass is 9.80. The molecular formula is C19H28O6. The van der Waals surface area contributed by atoms with Crippen LogP contribution in [-0.4, -0.2) is 36.7 Å². The number of allylic oxidation sites excluding steroid dienone is 2. The summed E-state index contributed by atoms with van der Waals surface area (Å²) in [7, 11) is 0. The highest BCUT2D eigenvalue weighted by Crippen LogP contribution is 2.32. The predicted molar refractivity (Wildman–Crippen MR) is 93.6 cm³/mol. The molecule has 0 atom stereocenters. The SMILES string of the molecule is C=C=CCC(C/C=C/C(=O)OC(C)(C)C)(C(=O)OCC)C(=O)OCC. The van der Waals surface area contributed by atoms with Crippen LogP contribution >= 0.6 is 0 Å². The standard InChI is InChI=1S/C19H28O6/c1-7-10-13-19(16(21)23-8-2,17(22)24-9-3)14-11-12-15(20)25-18(4,5)6/h10-12H,1,8-9,13-14H2,2-6H3/b12-11+. The van der Waals surface area contributed by atoms with E-state index in [9.17, 15) is 14.4 Å². The molecule has 0 unspecified atom stereocenters. The Kier molecular flexibility index (Phi) is 9.54. The van der Waals surface area contributed by atoms with Crippen molar-refractivity contribution in [3.05, 3.63) is 30.5 Å². The molecule has 0 heterocycles. The van der Waals surface area contributed by atoms with Crippen LogP contribution in [0, 0.1) is 5.41 Å². The van der Waals surface area contributed by atoms with Crippen LogP contribution in [0.1, 0.15) is 47.5 Å². The summed E-state index contributed by atoms with van der Waals surface area (Å²) in [6, 6.07) is 0. The van der Waals surface area contributed by atoms with Gasteiger partial charge in [-0.15, -0.1) is 5.73 Å². The number of carbonyl (C=O) groups excluding carboxylic acids is 3. The number of hydrogen-bond donors (Lipinski definition) is 0. The van der Waals surface area contributed by atoms with E-state index in [0.717, 1.165) is 0 Å². The molecule has 0 radical (unpaired) electrons. The summed E-state index contributed by atoms with van der Waals surface area (Å²) in [4.78, 5) is 36.7. The molecule has 0 aliphatic rings. The topological polar surface area (TPSA) is 78.9 Å². The van der Waals surface area contributed by atoms with Crippen LogP contribution in [0.5, 0.6) is 0 Å². The first-order chi connectivity index (χ1) is 11.6. The first-order valence-corrected chi connectivity index (χ1v) is 8.21. The summed E-state index contributed by atoms with van der Waals surface area (Å²) in [5, 5.41) is 0. The molecule has 6 heteroatoms. The highest BCUT2D eigenvalue weighted by molar-refractivity contribution is 6.00. The van der Waals surface area contributed by atoms with Crippen molar-refractivity contribution in [2.75, 3.05) is 13.2 Å². The van der Waals surface area contributed by atoms with Gasteiger partial charge in [0.1, 0.15) is 5.60 Å². The molecule has 0 amide bonds. The molecule has 0 saturated heterocycles. The fraction of sp³-hybridized carbons (Fsp3) is 0.579. The van der Waals surface area contributed by atoms with Crippen molar-refractivity contribution in [2.45, 2.75) is 53.1 Å². The Morgan fingerprint density at radius 1 is 1.00 bits per heavy atom. The van der Waals surface area contributed by atoms with Crippen LogP contribution in [0.25, 0.3) is 0 Å². The van der Waals surface area contributed by atoms with Gasteiger partial charge in [0.25, 0.3) is 0 Å². The molecule has 0 bridgehead atoms. The third-order valence-corrected chi connectivity index (χ3v) is 3.05. The molecule has 140 valence electrons. The fourth-order valence-electron chi connectivity index (χ4n) is 1.98. The van der Waals surface area contributed by atoms with Gasteiger partial charge in [0.15, 0.2) is 5.41 Å². The molecule has 0 aliphatic carbocycles. The van der Waals surface area contributed by atoms with Gasteiger partial charge in [-0.2, -0.15) is 0 Å². The van der Waals surface area contributed by atoms with E-state index in [1.54, 1.807) is 34.6 Å². The summed E-state index contributed by atoms with van der Waals surface area (Å²) in [5.41, 5.74) is 0.320. The molecular weight excluding hydrogens is 324 g/mol. The maximum Gasteiger partial charge on any atom is 0.330 e. The maximum absolute atomic E-state index is 12.5. The van der Waals surface area contributed by atoms with Crippen molar-refractivity contribution in [1.29, 1.82) is 0 Å². The van der Waals surface area contributed by atoms with Gasteiger partial charge in [-0.3, -0.25) is 9.59 Å². The lowest BCUT2D eigenvalue weighted by molar-refractivity contribution is -0.171. The van der Waals surface area contributed by atoms with E-state index in [-0.39, 0.29) is 26.1 Å². The first-order valence-electron chi connectivity index (χ1n) is 8.21. The van der Waals surface area contributed by atoms with Gasteiger partial charge in [-0.05, 0) is 53.5 Å². The fourth-order valence-corrected chi connectivity index (χ4v) is 1.98. The van der Waals surface area contributed by atoms with Crippen LogP contribution in [-0.2, 0) is 28.6 Å². The molecule has 0 spiro atoms. The molecule has 0 saturated carbocycles. The van der Waals surface area contributed by atoms with Gasteiger partial charge in [-0.1, -0.05) is 12.7 Å². The summed E-state index contributed by atoms with van der Waals surface area (Å²) in [6.45, 7) is 12.2. The quantitative estimate of drug-likeness (QED) is 0.209. The van der Waals surface area contributed by atoms with E-state index in [4.69, 9.17) is 14.2 Å². The van der Waals surface area contributed by atoms with E-state index in [0.29, 0.717) is 0 Å². The summed E-state index contributed by atoms with van der Waals surface area (Å²) in [6.07, 6.45) is 4.01. The Bertz CT molecular complexity index is 529. The van der Waals surface area contributed by atoms with Crippen LogP contribution < -0.4 is 0 Å². The van der Waals surface area contributed by atoms with Crippen molar-refractivity contribution in [1.82, 2.24) is 0 Å². The molecule has 25 heavy (non-hydrogen) atoms. The maximum atomic E-state index is 12.5. The second-order valence-corrected chi connectivity index (χ2v) is 6.28. The smallest absolute Gasteiger partial charge is 0.330 e. The van der Waals surface area contributed by atoms with Gasteiger partial charge in [0.05, 0.1) is 13.2 Å². The highest BCUT2D eigenvalue weighted by Gasteiger charge is 2.47. The number of esters is 3. The molecule has 0 N–H and O–H groups in total. The zero-order chi connectivity index (χ0) is 19.5. The third kappa shape index (κ3) is 7.86. The Labute approximate surface area is 149 Å². The highest BCUT2D eigenvalue weighted by atomic mass is 16.6. The molecule has 0 aromatic rings. The minimum absolute atomic E-state index is 0.00677. The van der Waals surface area contributed by atoms with E-state index < -0.39 is 28.9 Å². The van der Waals surface area contributed by atoms with Gasteiger partial charge in [0, 0.05) is 6.08 Å². The average molecular weight is 352 g/mol. The summed E-state index contributed by atoms with van der Waals surface area (Å²) < 4.78 is 15.3. The second-order valence-electron chi connectivity index (χ2n) is 6.28. The largest absolute Gasteiger partial charge is 0.465 e. The van der Waals surface area contributed by atoms with Gasteiger partial charge in [-0.25, -0.2) is 4.79 Å². The first kappa shape index (κ1) is 22.7.